The first-order valence-corrected chi connectivity index (χ1v) is 7.47. The van der Waals surface area contributed by atoms with E-state index in [4.69, 9.17) is 0 Å². The minimum atomic E-state index is -0.0865. The van der Waals surface area contributed by atoms with Gasteiger partial charge < -0.3 is 10.3 Å². The van der Waals surface area contributed by atoms with Crippen LogP contribution >= 0.6 is 0 Å². The Bertz CT molecular complexity index is 800. The molecular formula is C16H17N5O. The number of carbonyl (C=O) groups excluding carboxylic acids is 1. The number of hydrogen-bond acceptors (Lipinski definition) is 4. The monoisotopic (exact) mass is 295 g/mol. The first-order chi connectivity index (χ1) is 10.7. The van der Waals surface area contributed by atoms with E-state index in [1.807, 2.05) is 24.4 Å². The highest BCUT2D eigenvalue weighted by atomic mass is 16.2. The normalized spacial score (nSPS) is 20.0. The van der Waals surface area contributed by atoms with Crippen LogP contribution in [0, 0.1) is 5.92 Å². The molecule has 1 fully saturated rings. The number of aromatic amines is 1. The summed E-state index contributed by atoms with van der Waals surface area (Å²) >= 11 is 0. The third kappa shape index (κ3) is 2.26. The lowest BCUT2D eigenvalue weighted by molar-refractivity contribution is -0.121. The number of amides is 1. The van der Waals surface area contributed by atoms with Gasteiger partial charge in [-0.2, -0.15) is 0 Å². The number of nitrogens with one attached hydrogen (secondary N) is 2. The molecule has 6 heteroatoms. The summed E-state index contributed by atoms with van der Waals surface area (Å²) in [5, 5.41) is 4.25. The zero-order valence-corrected chi connectivity index (χ0v) is 12.3. The fourth-order valence-electron chi connectivity index (χ4n) is 2.56. The summed E-state index contributed by atoms with van der Waals surface area (Å²) in [4.78, 5) is 25.7. The van der Waals surface area contributed by atoms with Crippen molar-refractivity contribution in [2.75, 3.05) is 13.6 Å². The average Bonchev–Trinajstić information content (AvgIpc) is 3.23. The van der Waals surface area contributed by atoms with Gasteiger partial charge in [0.15, 0.2) is 0 Å². The maximum Gasteiger partial charge on any atom is 0.279 e. The number of aliphatic imine (C=N–C) groups is 1. The van der Waals surface area contributed by atoms with Crippen molar-refractivity contribution in [1.29, 1.82) is 0 Å². The van der Waals surface area contributed by atoms with Gasteiger partial charge in [-0.15, -0.1) is 0 Å². The predicted octanol–water partition coefficient (Wildman–Crippen LogP) is 1.73. The molecule has 0 bridgehead atoms. The number of H-pyrrole nitrogens is 1. The number of fused-ring (bicyclic) bond motifs is 1. The van der Waals surface area contributed by atoms with Gasteiger partial charge >= 0.3 is 0 Å². The van der Waals surface area contributed by atoms with Crippen LogP contribution in [0.25, 0.3) is 17.1 Å². The molecule has 2 N–H and O–H groups in total. The summed E-state index contributed by atoms with van der Waals surface area (Å²) in [6.45, 7) is 0.890. The molecule has 1 aliphatic heterocycles. The van der Waals surface area contributed by atoms with Crippen LogP contribution in [0.1, 0.15) is 18.4 Å². The number of nitrogens with zero attached hydrogens (tertiary/aromatic N) is 3. The zero-order chi connectivity index (χ0) is 15.1. The molecule has 0 spiro atoms. The van der Waals surface area contributed by atoms with Crippen molar-refractivity contribution >= 4 is 29.0 Å². The van der Waals surface area contributed by atoms with Crippen molar-refractivity contribution in [2.45, 2.75) is 12.8 Å². The maximum atomic E-state index is 12.3. The van der Waals surface area contributed by atoms with E-state index in [9.17, 15) is 4.79 Å². The highest BCUT2D eigenvalue weighted by molar-refractivity contribution is 6.14. The molecule has 112 valence electrons. The Labute approximate surface area is 127 Å². The molecule has 1 aliphatic carbocycles. The Morgan fingerprint density at radius 2 is 2.36 bits per heavy atom. The fourth-order valence-corrected chi connectivity index (χ4v) is 2.56. The Hall–Kier alpha value is -2.63. The summed E-state index contributed by atoms with van der Waals surface area (Å²) in [6, 6.07) is 3.86. The van der Waals surface area contributed by atoms with Gasteiger partial charge in [-0.25, -0.2) is 9.98 Å². The molecule has 2 aliphatic rings. The van der Waals surface area contributed by atoms with Gasteiger partial charge in [-0.3, -0.25) is 9.69 Å². The molecular weight excluding hydrogens is 278 g/mol. The van der Waals surface area contributed by atoms with Crippen molar-refractivity contribution in [3.63, 3.8) is 0 Å². The van der Waals surface area contributed by atoms with Crippen molar-refractivity contribution < 1.29 is 4.79 Å². The number of rotatable bonds is 3. The van der Waals surface area contributed by atoms with Crippen LogP contribution in [0.2, 0.25) is 0 Å². The number of guanidine groups is 1. The smallest absolute Gasteiger partial charge is 0.279 e. The van der Waals surface area contributed by atoms with Crippen LogP contribution in [0.5, 0.6) is 0 Å². The van der Waals surface area contributed by atoms with Crippen LogP contribution in [-0.4, -0.2) is 40.3 Å². The quantitative estimate of drug-likeness (QED) is 0.847. The number of carbonyl (C=O) groups is 1. The van der Waals surface area contributed by atoms with Crippen LogP contribution in [-0.2, 0) is 4.79 Å². The van der Waals surface area contributed by atoms with Crippen LogP contribution in [0.15, 0.2) is 35.2 Å². The summed E-state index contributed by atoms with van der Waals surface area (Å²) in [5.41, 5.74) is 2.18. The van der Waals surface area contributed by atoms with E-state index in [1.54, 1.807) is 18.1 Å². The molecule has 2 aromatic heterocycles. The first-order valence-electron chi connectivity index (χ1n) is 7.47. The van der Waals surface area contributed by atoms with Crippen LogP contribution in [0.4, 0.5) is 0 Å². The van der Waals surface area contributed by atoms with Gasteiger partial charge in [-0.05, 0) is 37.0 Å². The second-order valence-corrected chi connectivity index (χ2v) is 5.80. The lowest BCUT2D eigenvalue weighted by Gasteiger charge is -2.12. The largest absolute Gasteiger partial charge is 0.355 e. The second kappa shape index (κ2) is 4.98. The van der Waals surface area contributed by atoms with Crippen LogP contribution < -0.4 is 5.32 Å². The van der Waals surface area contributed by atoms with Gasteiger partial charge in [0.1, 0.15) is 11.3 Å². The van der Waals surface area contributed by atoms with E-state index in [-0.39, 0.29) is 5.91 Å². The minimum Gasteiger partial charge on any atom is -0.355 e. The van der Waals surface area contributed by atoms with E-state index in [2.05, 4.69) is 20.3 Å². The molecule has 0 aromatic carbocycles. The summed E-state index contributed by atoms with van der Waals surface area (Å²) in [7, 11) is 1.75. The number of aromatic nitrogens is 2. The molecule has 3 heterocycles. The van der Waals surface area contributed by atoms with Gasteiger partial charge in [-0.1, -0.05) is 0 Å². The molecule has 6 nitrogen and oxygen atoms in total. The molecule has 0 atom stereocenters. The molecule has 2 aromatic rings. The lowest BCUT2D eigenvalue weighted by Crippen LogP contribution is -2.38. The Kier molecular flexibility index (Phi) is 2.96. The fraction of sp³-hybridized carbons (Fsp3) is 0.312. The van der Waals surface area contributed by atoms with Gasteiger partial charge in [0, 0.05) is 36.9 Å². The SMILES string of the molecule is CN1C(=O)/C(=C/c2c[nH]c3ncccc23)N=C1NCC1CC1. The zero-order valence-electron chi connectivity index (χ0n) is 12.3. The van der Waals surface area contributed by atoms with Gasteiger partial charge in [0.05, 0.1) is 0 Å². The Balaban J connectivity index is 1.64. The van der Waals surface area contributed by atoms with Crippen molar-refractivity contribution in [3.05, 3.63) is 35.8 Å². The minimum absolute atomic E-state index is 0.0865. The van der Waals surface area contributed by atoms with Crippen molar-refractivity contribution in [3.8, 4) is 0 Å². The summed E-state index contributed by atoms with van der Waals surface area (Å²) in [5.74, 6) is 1.29. The van der Waals surface area contributed by atoms with Crippen LogP contribution in [0.3, 0.4) is 0 Å². The summed E-state index contributed by atoms with van der Waals surface area (Å²) in [6.07, 6.45) is 7.93. The predicted molar refractivity (Wildman–Crippen MR) is 85.0 cm³/mol. The highest BCUT2D eigenvalue weighted by Crippen LogP contribution is 2.28. The molecule has 0 unspecified atom stereocenters. The second-order valence-electron chi connectivity index (χ2n) is 5.80. The lowest BCUT2D eigenvalue weighted by atomic mass is 10.2. The number of pyridine rings is 1. The standard InChI is InChI=1S/C16H17N5O/c1-21-15(22)13(20-16(21)19-8-10-4-5-10)7-11-9-18-14-12(11)3-2-6-17-14/h2-3,6-7,9-10H,4-5,8H2,1H3,(H,17,18)(H,19,20)/b13-7-. The van der Waals surface area contributed by atoms with E-state index in [0.717, 1.165) is 29.1 Å². The third-order valence-corrected chi connectivity index (χ3v) is 4.09. The molecule has 1 amide bonds. The summed E-state index contributed by atoms with van der Waals surface area (Å²) < 4.78 is 0. The van der Waals surface area contributed by atoms with Gasteiger partial charge in [0.25, 0.3) is 5.91 Å². The molecule has 0 radical (unpaired) electrons. The van der Waals surface area contributed by atoms with Crippen molar-refractivity contribution in [1.82, 2.24) is 20.2 Å². The average molecular weight is 295 g/mol. The Morgan fingerprint density at radius 3 is 3.18 bits per heavy atom. The van der Waals surface area contributed by atoms with Crippen molar-refractivity contribution in [2.24, 2.45) is 10.9 Å². The maximum absolute atomic E-state index is 12.3. The molecule has 1 saturated carbocycles. The van der Waals surface area contributed by atoms with Gasteiger partial charge in [0.2, 0.25) is 5.96 Å². The molecule has 0 saturated heterocycles. The first kappa shape index (κ1) is 13.1. The third-order valence-electron chi connectivity index (χ3n) is 4.09. The van der Waals surface area contributed by atoms with E-state index in [0.29, 0.717) is 11.7 Å². The molecule has 4 rings (SSSR count). The van der Waals surface area contributed by atoms with E-state index >= 15 is 0 Å². The topological polar surface area (TPSA) is 73.4 Å². The Morgan fingerprint density at radius 1 is 1.50 bits per heavy atom. The van der Waals surface area contributed by atoms with E-state index < -0.39 is 0 Å². The number of likely N-dealkylation sites (N-methyl/N-ethyl adjacent to an activating group) is 1. The molecule has 22 heavy (non-hydrogen) atoms. The number of hydrogen-bond donors (Lipinski definition) is 2. The highest BCUT2D eigenvalue weighted by Gasteiger charge is 2.29. The van der Waals surface area contributed by atoms with E-state index in [1.165, 1.54) is 12.8 Å².